The Morgan fingerprint density at radius 2 is 1.97 bits per heavy atom. The maximum Gasteiger partial charge on any atom is 0.347 e. The second-order valence-electron chi connectivity index (χ2n) is 8.02. The number of piperidine rings is 1. The number of oxime groups is 1. The maximum atomic E-state index is 13.2. The number of carbonyl (C=O) groups is 2. The van der Waals surface area contributed by atoms with E-state index in [1.54, 1.807) is 29.2 Å². The van der Waals surface area contributed by atoms with E-state index in [1.807, 2.05) is 12.1 Å². The number of nitrogens with zero attached hydrogens (tertiary/aromatic N) is 4. The summed E-state index contributed by atoms with van der Waals surface area (Å²) >= 11 is 5.20. The minimum Gasteiger partial charge on any atom is -0.463 e. The molecular formula is C24H26BrN5O4S. The number of aromatic amines is 1. The summed E-state index contributed by atoms with van der Waals surface area (Å²) in [6, 6.07) is 9.81. The predicted octanol–water partition coefficient (Wildman–Crippen LogP) is 4.29. The Bertz CT molecular complexity index is 1190. The van der Waals surface area contributed by atoms with E-state index in [2.05, 4.69) is 50.3 Å². The Balaban J connectivity index is 1.41. The molecular weight excluding hydrogens is 534 g/mol. The number of hydrogen-bond donors (Lipinski definition) is 1. The molecule has 1 amide bonds. The van der Waals surface area contributed by atoms with Crippen LogP contribution < -0.4 is 0 Å². The van der Waals surface area contributed by atoms with Gasteiger partial charge in [0.1, 0.15) is 0 Å². The molecule has 1 aliphatic rings. The lowest BCUT2D eigenvalue weighted by Gasteiger charge is -2.31. The standard InChI is InChI=1S/C24H26BrN5O4S/c1-3-33-20(31)14-34-29-22(19-8-11-26-28-19)24(32)30-12-9-17(10-13-30)23-27-21(15(2)35-23)16-4-6-18(25)7-5-16/h4-8,11,17H,3,9-10,12-14H2,1-2H3,(H,26,28)/b29-22+. The molecule has 1 saturated heterocycles. The van der Waals surface area contributed by atoms with Crippen LogP contribution in [0.25, 0.3) is 11.3 Å². The van der Waals surface area contributed by atoms with E-state index in [4.69, 9.17) is 14.6 Å². The molecule has 3 aromatic rings. The van der Waals surface area contributed by atoms with Gasteiger partial charge in [-0.15, -0.1) is 11.3 Å². The number of aromatic nitrogens is 3. The number of hydrogen-bond acceptors (Lipinski definition) is 8. The van der Waals surface area contributed by atoms with Crippen molar-refractivity contribution in [3.63, 3.8) is 0 Å². The fraction of sp³-hybridized carbons (Fsp3) is 0.375. The lowest BCUT2D eigenvalue weighted by Crippen LogP contribution is -2.42. The zero-order chi connectivity index (χ0) is 24.8. The number of esters is 1. The molecule has 2 aromatic heterocycles. The number of thiazole rings is 1. The van der Waals surface area contributed by atoms with E-state index in [0.29, 0.717) is 24.7 Å². The van der Waals surface area contributed by atoms with Crippen LogP contribution >= 0.6 is 27.3 Å². The average Bonchev–Trinajstić information content (AvgIpc) is 3.52. The molecule has 0 bridgehead atoms. The summed E-state index contributed by atoms with van der Waals surface area (Å²) in [6.45, 7) is 4.82. The number of rotatable bonds is 8. The number of halogens is 1. The number of ether oxygens (including phenoxy) is 1. The number of amides is 1. The molecule has 0 radical (unpaired) electrons. The van der Waals surface area contributed by atoms with Crippen LogP contribution in [0.4, 0.5) is 0 Å². The van der Waals surface area contributed by atoms with E-state index in [1.165, 1.54) is 11.1 Å². The molecule has 35 heavy (non-hydrogen) atoms. The molecule has 0 atom stereocenters. The first kappa shape index (κ1) is 25.1. The van der Waals surface area contributed by atoms with Gasteiger partial charge in [-0.25, -0.2) is 9.78 Å². The van der Waals surface area contributed by atoms with Crippen molar-refractivity contribution in [2.75, 3.05) is 26.3 Å². The molecule has 1 fully saturated rings. The lowest BCUT2D eigenvalue weighted by molar-refractivity contribution is -0.148. The monoisotopic (exact) mass is 559 g/mol. The molecule has 1 aromatic carbocycles. The molecule has 0 unspecified atom stereocenters. The first-order valence-corrected chi connectivity index (χ1v) is 12.9. The van der Waals surface area contributed by atoms with Crippen LogP contribution in [0.15, 0.2) is 46.2 Å². The van der Waals surface area contributed by atoms with Gasteiger partial charge in [0.15, 0.2) is 5.71 Å². The number of H-pyrrole nitrogens is 1. The van der Waals surface area contributed by atoms with Crippen LogP contribution in [-0.2, 0) is 19.2 Å². The van der Waals surface area contributed by atoms with Crippen LogP contribution in [0.3, 0.4) is 0 Å². The minimum absolute atomic E-state index is 0.0767. The highest BCUT2D eigenvalue weighted by Gasteiger charge is 2.30. The van der Waals surface area contributed by atoms with E-state index in [9.17, 15) is 9.59 Å². The second-order valence-corrected chi connectivity index (χ2v) is 10.2. The third-order valence-electron chi connectivity index (χ3n) is 5.66. The minimum atomic E-state index is -0.547. The van der Waals surface area contributed by atoms with Gasteiger partial charge in [0.25, 0.3) is 5.91 Å². The smallest absolute Gasteiger partial charge is 0.347 e. The number of nitrogens with one attached hydrogen (secondary N) is 1. The van der Waals surface area contributed by atoms with E-state index in [0.717, 1.165) is 33.6 Å². The molecule has 1 N–H and O–H groups in total. The molecule has 3 heterocycles. The Morgan fingerprint density at radius 3 is 2.63 bits per heavy atom. The Morgan fingerprint density at radius 1 is 1.23 bits per heavy atom. The number of carbonyl (C=O) groups excluding carboxylic acids is 2. The van der Waals surface area contributed by atoms with E-state index in [-0.39, 0.29) is 24.8 Å². The predicted molar refractivity (Wildman–Crippen MR) is 136 cm³/mol. The van der Waals surface area contributed by atoms with E-state index < -0.39 is 5.97 Å². The van der Waals surface area contributed by atoms with Crippen LogP contribution in [0.2, 0.25) is 0 Å². The van der Waals surface area contributed by atoms with Crippen molar-refractivity contribution in [2.24, 2.45) is 5.16 Å². The highest BCUT2D eigenvalue weighted by Crippen LogP contribution is 2.36. The van der Waals surface area contributed by atoms with Crippen molar-refractivity contribution in [2.45, 2.75) is 32.6 Å². The maximum absolute atomic E-state index is 13.2. The summed E-state index contributed by atoms with van der Waals surface area (Å²) in [4.78, 5) is 37.8. The Kier molecular flexibility index (Phi) is 8.29. The zero-order valence-electron chi connectivity index (χ0n) is 19.5. The van der Waals surface area contributed by atoms with E-state index >= 15 is 0 Å². The van der Waals surface area contributed by atoms with Gasteiger partial charge in [-0.3, -0.25) is 9.89 Å². The number of benzene rings is 1. The summed E-state index contributed by atoms with van der Waals surface area (Å²) in [6.07, 6.45) is 3.14. The first-order chi connectivity index (χ1) is 17.0. The Labute approximate surface area is 215 Å². The molecule has 9 nitrogen and oxygen atoms in total. The molecule has 0 aliphatic carbocycles. The topological polar surface area (TPSA) is 110 Å². The van der Waals surface area contributed by atoms with Crippen molar-refractivity contribution in [3.05, 3.63) is 56.6 Å². The second kappa shape index (κ2) is 11.6. The third-order valence-corrected chi connectivity index (χ3v) is 7.33. The number of likely N-dealkylation sites (tertiary alicyclic amines) is 1. The lowest BCUT2D eigenvalue weighted by atomic mass is 9.97. The molecule has 11 heteroatoms. The molecule has 4 rings (SSSR count). The van der Waals surface area contributed by atoms with Gasteiger partial charge in [0, 0.05) is 40.1 Å². The molecule has 0 saturated carbocycles. The summed E-state index contributed by atoms with van der Waals surface area (Å²) in [7, 11) is 0. The van der Waals surface area contributed by atoms with Crippen molar-refractivity contribution < 1.29 is 19.2 Å². The quantitative estimate of drug-likeness (QED) is 0.250. The highest BCUT2D eigenvalue weighted by molar-refractivity contribution is 9.10. The zero-order valence-corrected chi connectivity index (χ0v) is 21.9. The molecule has 0 spiro atoms. The fourth-order valence-electron chi connectivity index (χ4n) is 3.89. The highest BCUT2D eigenvalue weighted by atomic mass is 79.9. The van der Waals surface area contributed by atoms with Gasteiger partial charge < -0.3 is 14.5 Å². The summed E-state index contributed by atoms with van der Waals surface area (Å²) in [5, 5.41) is 11.7. The van der Waals surface area contributed by atoms with Crippen molar-refractivity contribution in [3.8, 4) is 11.3 Å². The van der Waals surface area contributed by atoms with Gasteiger partial charge in [-0.2, -0.15) is 5.10 Å². The normalized spacial score (nSPS) is 14.7. The van der Waals surface area contributed by atoms with Crippen molar-refractivity contribution >= 4 is 44.9 Å². The van der Waals surface area contributed by atoms with Gasteiger partial charge >= 0.3 is 5.97 Å². The largest absolute Gasteiger partial charge is 0.463 e. The van der Waals surface area contributed by atoms with Gasteiger partial charge in [0.2, 0.25) is 6.61 Å². The van der Waals surface area contributed by atoms with Crippen molar-refractivity contribution in [1.82, 2.24) is 20.1 Å². The van der Waals surface area contributed by atoms with Gasteiger partial charge in [0.05, 0.1) is 23.0 Å². The molecule has 1 aliphatic heterocycles. The Hall–Kier alpha value is -3.05. The average molecular weight is 560 g/mol. The van der Waals surface area contributed by atoms with Crippen LogP contribution in [0.1, 0.15) is 41.3 Å². The van der Waals surface area contributed by atoms with Gasteiger partial charge in [-0.1, -0.05) is 33.2 Å². The van der Waals surface area contributed by atoms with Crippen LogP contribution in [-0.4, -0.2) is 64.0 Å². The number of aryl methyl sites for hydroxylation is 1. The van der Waals surface area contributed by atoms with Crippen LogP contribution in [0.5, 0.6) is 0 Å². The van der Waals surface area contributed by atoms with Crippen LogP contribution in [0, 0.1) is 6.92 Å². The molecule has 184 valence electrons. The first-order valence-electron chi connectivity index (χ1n) is 11.3. The summed E-state index contributed by atoms with van der Waals surface area (Å²) < 4.78 is 5.87. The third kappa shape index (κ3) is 6.15. The SMILES string of the molecule is CCOC(=O)CO/N=C(/C(=O)N1CCC(c2nc(-c3ccc(Br)cc3)c(C)s2)CC1)c1ccn[nH]1. The van der Waals surface area contributed by atoms with Gasteiger partial charge in [-0.05, 0) is 44.9 Å². The van der Waals surface area contributed by atoms with Crippen molar-refractivity contribution in [1.29, 1.82) is 0 Å². The summed E-state index contributed by atoms with van der Waals surface area (Å²) in [5.41, 5.74) is 2.62. The summed E-state index contributed by atoms with van der Waals surface area (Å²) in [5.74, 6) is -0.531. The fourth-order valence-corrected chi connectivity index (χ4v) is 5.27.